The second kappa shape index (κ2) is 5.82. The molecule has 2 aromatic rings. The minimum atomic E-state index is -0.232. The molecule has 2 rings (SSSR count). The molecule has 4 heteroatoms. The third-order valence-electron chi connectivity index (χ3n) is 2.41. The first-order valence-corrected chi connectivity index (χ1v) is 5.76. The van der Waals surface area contributed by atoms with Gasteiger partial charge in [-0.1, -0.05) is 24.3 Å². The Bertz CT molecular complexity index is 526. The van der Waals surface area contributed by atoms with E-state index in [0.717, 1.165) is 17.1 Å². The summed E-state index contributed by atoms with van der Waals surface area (Å²) >= 11 is 0. The van der Waals surface area contributed by atoms with Crippen molar-refractivity contribution in [1.29, 1.82) is 0 Å². The number of urea groups is 1. The molecule has 0 spiro atoms. The Hall–Kier alpha value is -2.36. The largest absolute Gasteiger partial charge is 0.332 e. The van der Waals surface area contributed by atoms with Crippen molar-refractivity contribution in [3.8, 4) is 0 Å². The highest BCUT2D eigenvalue weighted by atomic mass is 16.2. The zero-order valence-electron chi connectivity index (χ0n) is 10.2. The monoisotopic (exact) mass is 241 g/mol. The lowest BCUT2D eigenvalue weighted by atomic mass is 10.3. The second-order valence-electron chi connectivity index (χ2n) is 3.94. The molecule has 0 aliphatic carbocycles. The number of para-hydroxylation sites is 1. The number of amides is 2. The number of aromatic nitrogens is 1. The molecule has 0 fully saturated rings. The van der Waals surface area contributed by atoms with Crippen LogP contribution in [-0.2, 0) is 6.54 Å². The van der Waals surface area contributed by atoms with Crippen LogP contribution in [0.1, 0.15) is 11.4 Å². The summed E-state index contributed by atoms with van der Waals surface area (Å²) in [6, 6.07) is 14.8. The van der Waals surface area contributed by atoms with E-state index in [2.05, 4.69) is 15.6 Å². The van der Waals surface area contributed by atoms with Gasteiger partial charge in [0.2, 0.25) is 0 Å². The number of hydrogen-bond acceptors (Lipinski definition) is 2. The maximum absolute atomic E-state index is 11.6. The van der Waals surface area contributed by atoms with Crippen LogP contribution in [0.15, 0.2) is 48.5 Å². The van der Waals surface area contributed by atoms with Crippen molar-refractivity contribution in [2.24, 2.45) is 0 Å². The maximum Gasteiger partial charge on any atom is 0.319 e. The van der Waals surface area contributed by atoms with Gasteiger partial charge in [0.15, 0.2) is 0 Å². The van der Waals surface area contributed by atoms with Gasteiger partial charge in [-0.05, 0) is 31.2 Å². The molecule has 0 atom stereocenters. The molecule has 0 bridgehead atoms. The Balaban J connectivity index is 1.85. The van der Waals surface area contributed by atoms with Gasteiger partial charge in [-0.2, -0.15) is 0 Å². The van der Waals surface area contributed by atoms with E-state index in [-0.39, 0.29) is 6.03 Å². The lowest BCUT2D eigenvalue weighted by molar-refractivity contribution is 0.251. The van der Waals surface area contributed by atoms with Gasteiger partial charge in [0.1, 0.15) is 0 Å². The van der Waals surface area contributed by atoms with Crippen LogP contribution in [0.4, 0.5) is 10.5 Å². The fourth-order valence-corrected chi connectivity index (χ4v) is 1.57. The minimum Gasteiger partial charge on any atom is -0.332 e. The summed E-state index contributed by atoms with van der Waals surface area (Å²) in [4.78, 5) is 15.9. The number of rotatable bonds is 3. The van der Waals surface area contributed by atoms with Crippen molar-refractivity contribution in [3.05, 3.63) is 59.9 Å². The molecule has 4 nitrogen and oxygen atoms in total. The Kier molecular flexibility index (Phi) is 3.91. The van der Waals surface area contributed by atoms with E-state index < -0.39 is 0 Å². The van der Waals surface area contributed by atoms with E-state index in [4.69, 9.17) is 0 Å². The van der Waals surface area contributed by atoms with Crippen molar-refractivity contribution in [1.82, 2.24) is 10.3 Å². The van der Waals surface area contributed by atoms with Crippen LogP contribution in [0.25, 0.3) is 0 Å². The second-order valence-corrected chi connectivity index (χ2v) is 3.94. The Morgan fingerprint density at radius 1 is 1.11 bits per heavy atom. The van der Waals surface area contributed by atoms with Gasteiger partial charge in [0, 0.05) is 11.4 Å². The molecule has 2 N–H and O–H groups in total. The smallest absolute Gasteiger partial charge is 0.319 e. The number of anilines is 1. The average molecular weight is 241 g/mol. The lowest BCUT2D eigenvalue weighted by Gasteiger charge is -2.07. The predicted octanol–water partition coefficient (Wildman–Crippen LogP) is 2.71. The van der Waals surface area contributed by atoms with Crippen molar-refractivity contribution in [2.45, 2.75) is 13.5 Å². The van der Waals surface area contributed by atoms with Gasteiger partial charge in [-0.15, -0.1) is 0 Å². The molecule has 0 saturated carbocycles. The van der Waals surface area contributed by atoms with Gasteiger partial charge >= 0.3 is 6.03 Å². The quantitative estimate of drug-likeness (QED) is 0.868. The minimum absolute atomic E-state index is 0.232. The van der Waals surface area contributed by atoms with E-state index in [1.165, 1.54) is 0 Å². The molecule has 0 unspecified atom stereocenters. The zero-order chi connectivity index (χ0) is 12.8. The van der Waals surface area contributed by atoms with Crippen LogP contribution in [0.2, 0.25) is 0 Å². The summed E-state index contributed by atoms with van der Waals surface area (Å²) in [6.07, 6.45) is 0. The van der Waals surface area contributed by atoms with E-state index in [9.17, 15) is 4.79 Å². The van der Waals surface area contributed by atoms with Crippen molar-refractivity contribution >= 4 is 11.7 Å². The van der Waals surface area contributed by atoms with Gasteiger partial charge in [0.05, 0.1) is 12.2 Å². The molecule has 0 aliphatic heterocycles. The summed E-state index contributed by atoms with van der Waals surface area (Å²) in [5.41, 5.74) is 2.56. The third kappa shape index (κ3) is 3.59. The molecule has 18 heavy (non-hydrogen) atoms. The Labute approximate surface area is 106 Å². The van der Waals surface area contributed by atoms with Gasteiger partial charge in [-0.3, -0.25) is 4.98 Å². The normalized spacial score (nSPS) is 9.83. The van der Waals surface area contributed by atoms with Crippen molar-refractivity contribution in [3.63, 3.8) is 0 Å². The lowest BCUT2D eigenvalue weighted by Crippen LogP contribution is -2.28. The summed E-state index contributed by atoms with van der Waals surface area (Å²) < 4.78 is 0. The molecule has 1 heterocycles. The first-order chi connectivity index (χ1) is 8.74. The third-order valence-corrected chi connectivity index (χ3v) is 2.41. The van der Waals surface area contributed by atoms with Crippen LogP contribution >= 0.6 is 0 Å². The molecule has 0 saturated heterocycles. The molecule has 1 aromatic carbocycles. The number of benzene rings is 1. The molecular formula is C14H15N3O. The predicted molar refractivity (Wildman–Crippen MR) is 71.3 cm³/mol. The fourth-order valence-electron chi connectivity index (χ4n) is 1.57. The van der Waals surface area contributed by atoms with Crippen LogP contribution in [0.3, 0.4) is 0 Å². The summed E-state index contributed by atoms with van der Waals surface area (Å²) in [7, 11) is 0. The van der Waals surface area contributed by atoms with Crippen LogP contribution in [-0.4, -0.2) is 11.0 Å². The zero-order valence-corrected chi connectivity index (χ0v) is 10.2. The number of nitrogens with zero attached hydrogens (tertiary/aromatic N) is 1. The maximum atomic E-state index is 11.6. The number of carbonyl (C=O) groups excluding carboxylic acids is 1. The summed E-state index contributed by atoms with van der Waals surface area (Å²) in [5.74, 6) is 0. The van der Waals surface area contributed by atoms with Crippen LogP contribution in [0.5, 0.6) is 0 Å². The number of carbonyl (C=O) groups is 1. The van der Waals surface area contributed by atoms with Gasteiger partial charge < -0.3 is 10.6 Å². The van der Waals surface area contributed by atoms with Crippen LogP contribution < -0.4 is 10.6 Å². The molecule has 1 aromatic heterocycles. The standard InChI is InChI=1S/C14H15N3O/c1-11-6-5-9-13(16-11)10-15-14(18)17-12-7-3-2-4-8-12/h2-9H,10H2,1H3,(H2,15,17,18). The highest BCUT2D eigenvalue weighted by Gasteiger charge is 2.01. The molecule has 0 aliphatic rings. The van der Waals surface area contributed by atoms with Gasteiger partial charge in [-0.25, -0.2) is 4.79 Å². The average Bonchev–Trinajstić information content (AvgIpc) is 2.38. The highest BCUT2D eigenvalue weighted by molar-refractivity contribution is 5.89. The Morgan fingerprint density at radius 3 is 2.61 bits per heavy atom. The molecule has 92 valence electrons. The highest BCUT2D eigenvalue weighted by Crippen LogP contribution is 2.04. The van der Waals surface area contributed by atoms with Crippen molar-refractivity contribution < 1.29 is 4.79 Å². The summed E-state index contributed by atoms with van der Waals surface area (Å²) in [5, 5.41) is 5.51. The molecule has 0 radical (unpaired) electrons. The fraction of sp³-hybridized carbons (Fsp3) is 0.143. The van der Waals surface area contributed by atoms with Gasteiger partial charge in [0.25, 0.3) is 0 Å². The van der Waals surface area contributed by atoms with E-state index in [1.807, 2.05) is 55.5 Å². The number of nitrogens with one attached hydrogen (secondary N) is 2. The first kappa shape index (κ1) is 12.1. The molecule has 2 amide bonds. The topological polar surface area (TPSA) is 54.0 Å². The van der Waals surface area contributed by atoms with E-state index in [1.54, 1.807) is 0 Å². The number of pyridine rings is 1. The number of hydrogen-bond donors (Lipinski definition) is 2. The van der Waals surface area contributed by atoms with Crippen molar-refractivity contribution in [2.75, 3.05) is 5.32 Å². The number of aryl methyl sites for hydroxylation is 1. The van der Waals surface area contributed by atoms with E-state index >= 15 is 0 Å². The van der Waals surface area contributed by atoms with Crippen LogP contribution in [0, 0.1) is 6.92 Å². The first-order valence-electron chi connectivity index (χ1n) is 5.76. The molecular weight excluding hydrogens is 226 g/mol. The van der Waals surface area contributed by atoms with E-state index in [0.29, 0.717) is 6.54 Å². The SMILES string of the molecule is Cc1cccc(CNC(=O)Nc2ccccc2)n1. The Morgan fingerprint density at radius 2 is 1.89 bits per heavy atom. The summed E-state index contributed by atoms with van der Waals surface area (Å²) in [6.45, 7) is 2.34.